The molecular formula is C18H30O3Si. The molecule has 0 aliphatic rings. The Morgan fingerprint density at radius 1 is 1.18 bits per heavy atom. The third-order valence-electron chi connectivity index (χ3n) is 4.20. The molecule has 0 spiro atoms. The van der Waals surface area contributed by atoms with Gasteiger partial charge in [0.1, 0.15) is 5.75 Å². The summed E-state index contributed by atoms with van der Waals surface area (Å²) >= 11 is 0. The van der Waals surface area contributed by atoms with Crippen LogP contribution in [0.25, 0.3) is 6.08 Å². The molecule has 0 bridgehead atoms. The van der Waals surface area contributed by atoms with E-state index in [1.165, 1.54) is 0 Å². The van der Waals surface area contributed by atoms with Gasteiger partial charge in [0, 0.05) is 6.61 Å². The standard InChI is InChI=1S/C18H30O3Si/c1-18(2,3)22(5,6)21-16-12-11-15(14-17(16)20-4)10-8-7-9-13-19/h8,10-12,14,19H,7,9,13H2,1-6H3/b10-8-. The second-order valence-corrected chi connectivity index (χ2v) is 11.8. The summed E-state index contributed by atoms with van der Waals surface area (Å²) in [6.45, 7) is 11.4. The van der Waals surface area contributed by atoms with Gasteiger partial charge in [-0.1, -0.05) is 39.0 Å². The van der Waals surface area contributed by atoms with Crippen molar-refractivity contribution < 1.29 is 14.3 Å². The van der Waals surface area contributed by atoms with Gasteiger partial charge in [-0.15, -0.1) is 0 Å². The van der Waals surface area contributed by atoms with E-state index in [2.05, 4.69) is 39.9 Å². The maximum absolute atomic E-state index is 8.79. The number of aliphatic hydroxyl groups excluding tert-OH is 1. The van der Waals surface area contributed by atoms with Crippen molar-refractivity contribution in [3.05, 3.63) is 29.8 Å². The van der Waals surface area contributed by atoms with Crippen LogP contribution in [0.3, 0.4) is 0 Å². The van der Waals surface area contributed by atoms with E-state index in [4.69, 9.17) is 14.3 Å². The van der Waals surface area contributed by atoms with Gasteiger partial charge < -0.3 is 14.3 Å². The summed E-state index contributed by atoms with van der Waals surface area (Å²) in [5.74, 6) is 1.59. The molecule has 124 valence electrons. The fourth-order valence-corrected chi connectivity index (χ4v) is 2.75. The van der Waals surface area contributed by atoms with Gasteiger partial charge in [-0.3, -0.25) is 0 Å². The minimum atomic E-state index is -1.87. The molecule has 0 aliphatic heterocycles. The van der Waals surface area contributed by atoms with Crippen LogP contribution >= 0.6 is 0 Å². The van der Waals surface area contributed by atoms with E-state index in [1.54, 1.807) is 7.11 Å². The number of ether oxygens (including phenoxy) is 1. The van der Waals surface area contributed by atoms with E-state index >= 15 is 0 Å². The van der Waals surface area contributed by atoms with Crippen molar-refractivity contribution in [2.75, 3.05) is 13.7 Å². The average Bonchev–Trinajstić information content (AvgIpc) is 2.43. The molecule has 22 heavy (non-hydrogen) atoms. The van der Waals surface area contributed by atoms with Gasteiger partial charge in [0.05, 0.1) is 7.11 Å². The molecule has 1 rings (SSSR count). The Morgan fingerprint density at radius 3 is 2.41 bits per heavy atom. The summed E-state index contributed by atoms with van der Waals surface area (Å²) in [4.78, 5) is 0. The van der Waals surface area contributed by atoms with E-state index in [0.717, 1.165) is 29.9 Å². The lowest BCUT2D eigenvalue weighted by Crippen LogP contribution is -2.43. The third kappa shape index (κ3) is 5.18. The van der Waals surface area contributed by atoms with Gasteiger partial charge in [-0.2, -0.15) is 0 Å². The predicted molar refractivity (Wildman–Crippen MR) is 96.2 cm³/mol. The topological polar surface area (TPSA) is 38.7 Å². The van der Waals surface area contributed by atoms with E-state index in [-0.39, 0.29) is 11.6 Å². The maximum atomic E-state index is 8.79. The Balaban J connectivity index is 2.92. The van der Waals surface area contributed by atoms with E-state index < -0.39 is 8.32 Å². The van der Waals surface area contributed by atoms with Crippen LogP contribution in [-0.2, 0) is 0 Å². The summed E-state index contributed by atoms with van der Waals surface area (Å²) in [7, 11) is -0.199. The van der Waals surface area contributed by atoms with Crippen LogP contribution in [0.2, 0.25) is 18.1 Å². The van der Waals surface area contributed by atoms with Crippen molar-refractivity contribution >= 4 is 14.4 Å². The Labute approximate surface area is 136 Å². The molecule has 0 saturated heterocycles. The zero-order valence-electron chi connectivity index (χ0n) is 14.8. The van der Waals surface area contributed by atoms with Gasteiger partial charge in [-0.05, 0) is 48.7 Å². The van der Waals surface area contributed by atoms with Crippen molar-refractivity contribution in [2.24, 2.45) is 0 Å². The highest BCUT2D eigenvalue weighted by Crippen LogP contribution is 2.40. The summed E-state index contributed by atoms with van der Waals surface area (Å²) in [6.07, 6.45) is 5.79. The minimum absolute atomic E-state index is 0.154. The Hall–Kier alpha value is -1.26. The van der Waals surface area contributed by atoms with E-state index in [9.17, 15) is 0 Å². The summed E-state index contributed by atoms with van der Waals surface area (Å²) in [5.41, 5.74) is 1.08. The zero-order chi connectivity index (χ0) is 16.8. The van der Waals surface area contributed by atoms with Gasteiger partial charge in [0.2, 0.25) is 0 Å². The highest BCUT2D eigenvalue weighted by molar-refractivity contribution is 6.74. The van der Waals surface area contributed by atoms with E-state index in [1.807, 2.05) is 24.3 Å². The Morgan fingerprint density at radius 2 is 1.86 bits per heavy atom. The highest BCUT2D eigenvalue weighted by atomic mass is 28.4. The fourth-order valence-electron chi connectivity index (χ4n) is 1.73. The number of allylic oxidation sites excluding steroid dienone is 1. The molecule has 4 heteroatoms. The molecule has 0 atom stereocenters. The molecule has 0 unspecified atom stereocenters. The normalized spacial score (nSPS) is 12.7. The maximum Gasteiger partial charge on any atom is 0.250 e. The lowest BCUT2D eigenvalue weighted by Gasteiger charge is -2.36. The fraction of sp³-hybridized carbons (Fsp3) is 0.556. The largest absolute Gasteiger partial charge is 0.541 e. The molecule has 0 radical (unpaired) electrons. The molecule has 0 aromatic heterocycles. The number of methoxy groups -OCH3 is 1. The molecule has 0 saturated carbocycles. The molecule has 3 nitrogen and oxygen atoms in total. The Bertz CT molecular complexity index is 502. The number of hydrogen-bond donors (Lipinski definition) is 1. The summed E-state index contributed by atoms with van der Waals surface area (Å²) in [6, 6.07) is 6.03. The van der Waals surface area contributed by atoms with Crippen molar-refractivity contribution in [3.8, 4) is 11.5 Å². The van der Waals surface area contributed by atoms with Gasteiger partial charge in [0.25, 0.3) is 8.32 Å². The van der Waals surface area contributed by atoms with Crippen molar-refractivity contribution in [1.82, 2.24) is 0 Å². The van der Waals surface area contributed by atoms with Crippen LogP contribution < -0.4 is 9.16 Å². The highest BCUT2D eigenvalue weighted by Gasteiger charge is 2.39. The molecule has 0 fully saturated rings. The first kappa shape index (κ1) is 18.8. The average molecular weight is 323 g/mol. The van der Waals surface area contributed by atoms with Gasteiger partial charge in [-0.25, -0.2) is 0 Å². The quantitative estimate of drug-likeness (QED) is 0.575. The molecule has 1 N–H and O–H groups in total. The Kier molecular flexibility index (Phi) is 6.69. The zero-order valence-corrected chi connectivity index (χ0v) is 15.8. The molecular weight excluding hydrogens is 292 g/mol. The van der Waals surface area contributed by atoms with Crippen molar-refractivity contribution in [3.63, 3.8) is 0 Å². The number of hydrogen-bond acceptors (Lipinski definition) is 3. The molecule has 0 heterocycles. The SMILES string of the molecule is COc1cc(/C=C\CCCO)ccc1O[Si](C)(C)C(C)(C)C. The molecule has 0 aliphatic carbocycles. The number of aliphatic hydroxyl groups is 1. The second-order valence-electron chi connectivity index (χ2n) is 7.04. The van der Waals surface area contributed by atoms with E-state index in [0.29, 0.717) is 0 Å². The monoisotopic (exact) mass is 322 g/mol. The van der Waals surface area contributed by atoms with Crippen LogP contribution in [0.15, 0.2) is 24.3 Å². The van der Waals surface area contributed by atoms with Crippen LogP contribution in [0.4, 0.5) is 0 Å². The number of rotatable bonds is 7. The smallest absolute Gasteiger partial charge is 0.250 e. The third-order valence-corrected chi connectivity index (χ3v) is 8.54. The van der Waals surface area contributed by atoms with Crippen LogP contribution in [-0.4, -0.2) is 27.1 Å². The van der Waals surface area contributed by atoms with Gasteiger partial charge >= 0.3 is 0 Å². The number of benzene rings is 1. The van der Waals surface area contributed by atoms with Crippen molar-refractivity contribution in [1.29, 1.82) is 0 Å². The van der Waals surface area contributed by atoms with Crippen LogP contribution in [0, 0.1) is 0 Å². The lowest BCUT2D eigenvalue weighted by molar-refractivity contribution is 0.290. The first-order valence-corrected chi connectivity index (χ1v) is 10.8. The number of unbranched alkanes of at least 4 members (excludes halogenated alkanes) is 1. The summed E-state index contributed by atoms with van der Waals surface area (Å²) < 4.78 is 11.8. The second kappa shape index (κ2) is 7.84. The lowest BCUT2D eigenvalue weighted by atomic mass is 10.1. The van der Waals surface area contributed by atoms with Crippen LogP contribution in [0.1, 0.15) is 39.2 Å². The van der Waals surface area contributed by atoms with Gasteiger partial charge in [0.15, 0.2) is 5.75 Å². The molecule has 1 aromatic rings. The molecule has 1 aromatic carbocycles. The van der Waals surface area contributed by atoms with Crippen LogP contribution in [0.5, 0.6) is 11.5 Å². The van der Waals surface area contributed by atoms with Crippen molar-refractivity contribution in [2.45, 2.75) is 51.7 Å². The summed E-state index contributed by atoms with van der Waals surface area (Å²) in [5, 5.41) is 8.94. The molecule has 0 amide bonds. The first-order valence-electron chi connectivity index (χ1n) is 7.86. The first-order chi connectivity index (χ1) is 10.2. The minimum Gasteiger partial charge on any atom is -0.541 e. The predicted octanol–water partition coefficient (Wildman–Crippen LogP) is 4.86.